The van der Waals surface area contributed by atoms with Gasteiger partial charge in [0.15, 0.2) is 0 Å². The van der Waals surface area contributed by atoms with Gasteiger partial charge in [0.25, 0.3) is 0 Å². The molecule has 0 spiro atoms. The summed E-state index contributed by atoms with van der Waals surface area (Å²) < 4.78 is 4.94. The first-order valence-corrected chi connectivity index (χ1v) is 4.64. The molecule has 3 heteroatoms. The Kier molecular flexibility index (Phi) is 4.20. The fourth-order valence-electron chi connectivity index (χ4n) is 0.949. The maximum Gasteiger partial charge on any atom is 0.330 e. The van der Waals surface area contributed by atoms with E-state index in [0.29, 0.717) is 5.02 Å². The molecule has 0 radical (unpaired) electrons. The van der Waals surface area contributed by atoms with E-state index in [2.05, 4.69) is 0 Å². The number of hydrogen-bond acceptors (Lipinski definition) is 2. The normalized spacial score (nSPS) is 10.4. The number of allylic oxidation sites excluding steroid dienone is 1. The zero-order valence-electron chi connectivity index (χ0n) is 7.87. The maximum absolute atomic E-state index is 11.0. The predicted octanol–water partition coefficient (Wildman–Crippen LogP) is 2.96. The SMILES string of the molecule is C/C=C/C(=O)OCc1ccccc1Cl. The Balaban J connectivity index is 2.54. The maximum atomic E-state index is 11.0. The van der Waals surface area contributed by atoms with Crippen molar-refractivity contribution in [2.75, 3.05) is 0 Å². The molecule has 1 rings (SSSR count). The average molecular weight is 211 g/mol. The summed E-state index contributed by atoms with van der Waals surface area (Å²) >= 11 is 5.88. The van der Waals surface area contributed by atoms with Crippen molar-refractivity contribution in [1.82, 2.24) is 0 Å². The number of hydrogen-bond donors (Lipinski definition) is 0. The van der Waals surface area contributed by atoms with E-state index in [0.717, 1.165) is 5.56 Å². The Hall–Kier alpha value is -1.28. The van der Waals surface area contributed by atoms with Gasteiger partial charge in [0, 0.05) is 16.7 Å². The van der Waals surface area contributed by atoms with Gasteiger partial charge >= 0.3 is 5.97 Å². The molecule has 0 aliphatic rings. The van der Waals surface area contributed by atoms with Gasteiger partial charge in [0.2, 0.25) is 0 Å². The lowest BCUT2D eigenvalue weighted by Crippen LogP contribution is -2.00. The average Bonchev–Trinajstić information content (AvgIpc) is 2.17. The Morgan fingerprint density at radius 1 is 1.50 bits per heavy atom. The zero-order valence-corrected chi connectivity index (χ0v) is 8.62. The number of carbonyl (C=O) groups is 1. The standard InChI is InChI=1S/C11H11ClO2/c1-2-5-11(13)14-8-9-6-3-4-7-10(9)12/h2-7H,8H2,1H3/b5-2+. The van der Waals surface area contributed by atoms with Gasteiger partial charge in [-0.05, 0) is 13.0 Å². The molecule has 0 aliphatic heterocycles. The molecule has 74 valence electrons. The summed E-state index contributed by atoms with van der Waals surface area (Å²) in [7, 11) is 0. The van der Waals surface area contributed by atoms with E-state index in [-0.39, 0.29) is 12.6 Å². The van der Waals surface area contributed by atoms with Gasteiger partial charge in [-0.1, -0.05) is 35.9 Å². The fourth-order valence-corrected chi connectivity index (χ4v) is 1.14. The second-order valence-electron chi connectivity index (χ2n) is 2.70. The highest BCUT2D eigenvalue weighted by atomic mass is 35.5. The third-order valence-electron chi connectivity index (χ3n) is 1.63. The van der Waals surface area contributed by atoms with Crippen LogP contribution in [0.1, 0.15) is 12.5 Å². The molecule has 14 heavy (non-hydrogen) atoms. The van der Waals surface area contributed by atoms with E-state index >= 15 is 0 Å². The van der Waals surface area contributed by atoms with Crippen LogP contribution in [0.25, 0.3) is 0 Å². The minimum Gasteiger partial charge on any atom is -0.458 e. The van der Waals surface area contributed by atoms with Crippen LogP contribution in [0.4, 0.5) is 0 Å². The minimum absolute atomic E-state index is 0.211. The van der Waals surface area contributed by atoms with Crippen LogP contribution in [0.5, 0.6) is 0 Å². The molecule has 0 amide bonds. The van der Waals surface area contributed by atoms with E-state index in [4.69, 9.17) is 16.3 Å². The summed E-state index contributed by atoms with van der Waals surface area (Å²) in [5, 5.41) is 0.612. The first-order valence-electron chi connectivity index (χ1n) is 4.27. The Morgan fingerprint density at radius 3 is 2.86 bits per heavy atom. The second-order valence-corrected chi connectivity index (χ2v) is 3.11. The van der Waals surface area contributed by atoms with Gasteiger partial charge in [0.05, 0.1) is 0 Å². The van der Waals surface area contributed by atoms with Crippen molar-refractivity contribution >= 4 is 17.6 Å². The summed E-state index contributed by atoms with van der Waals surface area (Å²) in [6, 6.07) is 7.27. The number of ether oxygens (including phenoxy) is 1. The second kappa shape index (κ2) is 5.45. The molecule has 0 fully saturated rings. The van der Waals surface area contributed by atoms with Crippen molar-refractivity contribution in [3.05, 3.63) is 47.0 Å². The molecule has 1 aromatic carbocycles. The number of esters is 1. The molecule has 0 saturated heterocycles. The predicted molar refractivity (Wildman–Crippen MR) is 56.1 cm³/mol. The summed E-state index contributed by atoms with van der Waals surface area (Å²) in [5.74, 6) is -0.354. The van der Waals surface area contributed by atoms with Gasteiger partial charge in [-0.15, -0.1) is 0 Å². The van der Waals surface area contributed by atoms with Crippen LogP contribution in [-0.4, -0.2) is 5.97 Å². The molecular weight excluding hydrogens is 200 g/mol. The summed E-state index contributed by atoms with van der Waals surface area (Å²) in [6.45, 7) is 1.97. The Morgan fingerprint density at radius 2 is 2.21 bits per heavy atom. The highest BCUT2D eigenvalue weighted by molar-refractivity contribution is 6.31. The molecule has 0 aromatic heterocycles. The van der Waals surface area contributed by atoms with E-state index in [1.165, 1.54) is 6.08 Å². The summed E-state index contributed by atoms with van der Waals surface area (Å²) in [4.78, 5) is 11.0. The third-order valence-corrected chi connectivity index (χ3v) is 2.00. The van der Waals surface area contributed by atoms with Crippen LogP contribution in [0.15, 0.2) is 36.4 Å². The highest BCUT2D eigenvalue weighted by Gasteiger charge is 2.01. The Bertz CT molecular complexity index is 345. The third kappa shape index (κ3) is 3.23. The van der Waals surface area contributed by atoms with Crippen molar-refractivity contribution in [3.8, 4) is 0 Å². The molecular formula is C11H11ClO2. The minimum atomic E-state index is -0.354. The largest absolute Gasteiger partial charge is 0.458 e. The van der Waals surface area contributed by atoms with Crippen molar-refractivity contribution < 1.29 is 9.53 Å². The lowest BCUT2D eigenvalue weighted by molar-refractivity contribution is -0.139. The smallest absolute Gasteiger partial charge is 0.330 e. The van der Waals surface area contributed by atoms with Gasteiger partial charge in [-0.25, -0.2) is 4.79 Å². The summed E-state index contributed by atoms with van der Waals surface area (Å²) in [6.07, 6.45) is 3.01. The van der Waals surface area contributed by atoms with Crippen molar-refractivity contribution in [3.63, 3.8) is 0 Å². The monoisotopic (exact) mass is 210 g/mol. The van der Waals surface area contributed by atoms with Crippen LogP contribution in [-0.2, 0) is 16.1 Å². The van der Waals surface area contributed by atoms with Crippen molar-refractivity contribution in [2.45, 2.75) is 13.5 Å². The van der Waals surface area contributed by atoms with Gasteiger partial charge < -0.3 is 4.74 Å². The highest BCUT2D eigenvalue weighted by Crippen LogP contribution is 2.15. The number of halogens is 1. The van der Waals surface area contributed by atoms with E-state index in [9.17, 15) is 4.79 Å². The number of carbonyl (C=O) groups excluding carboxylic acids is 1. The van der Waals surface area contributed by atoms with Crippen LogP contribution in [0.3, 0.4) is 0 Å². The molecule has 0 bridgehead atoms. The van der Waals surface area contributed by atoms with Crippen molar-refractivity contribution in [2.24, 2.45) is 0 Å². The molecule has 0 unspecified atom stereocenters. The fraction of sp³-hybridized carbons (Fsp3) is 0.182. The number of benzene rings is 1. The van der Waals surface area contributed by atoms with Crippen LogP contribution in [0.2, 0.25) is 5.02 Å². The van der Waals surface area contributed by atoms with E-state index in [1.54, 1.807) is 19.1 Å². The van der Waals surface area contributed by atoms with E-state index in [1.807, 2.05) is 18.2 Å². The molecule has 0 aliphatic carbocycles. The molecule has 1 aromatic rings. The molecule has 0 atom stereocenters. The van der Waals surface area contributed by atoms with Gasteiger partial charge in [-0.3, -0.25) is 0 Å². The Labute approximate surface area is 88.1 Å². The first kappa shape index (κ1) is 10.8. The first-order chi connectivity index (χ1) is 6.74. The lowest BCUT2D eigenvalue weighted by atomic mass is 10.2. The van der Waals surface area contributed by atoms with Gasteiger partial charge in [0.1, 0.15) is 6.61 Å². The molecule has 0 N–H and O–H groups in total. The molecule has 2 nitrogen and oxygen atoms in total. The van der Waals surface area contributed by atoms with Crippen LogP contribution >= 0.6 is 11.6 Å². The quantitative estimate of drug-likeness (QED) is 0.567. The van der Waals surface area contributed by atoms with E-state index < -0.39 is 0 Å². The lowest BCUT2D eigenvalue weighted by Gasteiger charge is -2.03. The van der Waals surface area contributed by atoms with Gasteiger partial charge in [-0.2, -0.15) is 0 Å². The topological polar surface area (TPSA) is 26.3 Å². The van der Waals surface area contributed by atoms with Crippen LogP contribution < -0.4 is 0 Å². The zero-order chi connectivity index (χ0) is 10.4. The number of rotatable bonds is 3. The van der Waals surface area contributed by atoms with Crippen LogP contribution in [0, 0.1) is 0 Å². The molecule has 0 saturated carbocycles. The van der Waals surface area contributed by atoms with Crippen molar-refractivity contribution in [1.29, 1.82) is 0 Å². The molecule has 0 heterocycles. The summed E-state index contributed by atoms with van der Waals surface area (Å²) in [5.41, 5.74) is 0.812.